The first-order chi connectivity index (χ1) is 9.97. The van der Waals surface area contributed by atoms with Gasteiger partial charge in [0.1, 0.15) is 11.5 Å². The number of nitrogens with zero attached hydrogens (tertiary/aromatic N) is 1. The predicted molar refractivity (Wildman–Crippen MR) is 78.8 cm³/mol. The van der Waals surface area contributed by atoms with E-state index in [1.54, 1.807) is 18.3 Å². The minimum atomic E-state index is -0.529. The number of hydrogen-bond donors (Lipinski definition) is 2. The highest BCUT2D eigenvalue weighted by Gasteiger charge is 2.14. The average molecular weight is 289 g/mol. The van der Waals surface area contributed by atoms with Gasteiger partial charge in [-0.15, -0.1) is 0 Å². The Morgan fingerprint density at radius 1 is 1.38 bits per heavy atom. The number of rotatable bonds is 4. The van der Waals surface area contributed by atoms with Crippen molar-refractivity contribution in [2.75, 3.05) is 11.1 Å². The molecular formula is C15H16FN3O2. The quantitative estimate of drug-likeness (QED) is 0.848. The molecule has 1 heterocycles. The molecule has 0 saturated heterocycles. The molecule has 1 aromatic heterocycles. The van der Waals surface area contributed by atoms with Crippen molar-refractivity contribution in [3.05, 3.63) is 47.9 Å². The first kappa shape index (κ1) is 14.8. The number of carbonyl (C=O) groups excluding carboxylic acids is 1. The molecule has 2 aromatic rings. The van der Waals surface area contributed by atoms with Crippen LogP contribution < -0.4 is 15.8 Å². The first-order valence-electron chi connectivity index (χ1n) is 6.45. The molecule has 0 spiro atoms. The van der Waals surface area contributed by atoms with Gasteiger partial charge in [-0.2, -0.15) is 0 Å². The lowest BCUT2D eigenvalue weighted by molar-refractivity contribution is 0.102. The monoisotopic (exact) mass is 289 g/mol. The fraction of sp³-hybridized carbons (Fsp3) is 0.200. The zero-order chi connectivity index (χ0) is 15.4. The number of nitrogen functional groups attached to an aromatic ring is 1. The van der Waals surface area contributed by atoms with E-state index in [9.17, 15) is 9.18 Å². The fourth-order valence-electron chi connectivity index (χ4n) is 1.72. The van der Waals surface area contributed by atoms with E-state index in [0.29, 0.717) is 11.6 Å². The third-order valence-electron chi connectivity index (χ3n) is 2.63. The summed E-state index contributed by atoms with van der Waals surface area (Å²) >= 11 is 0. The number of nitrogens with two attached hydrogens (primary N) is 1. The number of nitrogens with one attached hydrogen (secondary N) is 1. The summed E-state index contributed by atoms with van der Waals surface area (Å²) in [5, 5.41) is 2.63. The fourth-order valence-corrected chi connectivity index (χ4v) is 1.72. The highest BCUT2D eigenvalue weighted by Crippen LogP contribution is 2.23. The number of benzene rings is 1. The zero-order valence-corrected chi connectivity index (χ0v) is 11.8. The number of amides is 1. The van der Waals surface area contributed by atoms with Gasteiger partial charge in [0.05, 0.1) is 11.7 Å². The lowest BCUT2D eigenvalue weighted by atomic mass is 10.1. The van der Waals surface area contributed by atoms with Crippen molar-refractivity contribution in [3.63, 3.8) is 0 Å². The second kappa shape index (κ2) is 6.21. The van der Waals surface area contributed by atoms with Crippen LogP contribution in [-0.2, 0) is 0 Å². The summed E-state index contributed by atoms with van der Waals surface area (Å²) in [7, 11) is 0. The molecule has 0 radical (unpaired) electrons. The molecule has 21 heavy (non-hydrogen) atoms. The maximum atomic E-state index is 13.2. The summed E-state index contributed by atoms with van der Waals surface area (Å²) in [4.78, 5) is 16.2. The molecule has 0 aliphatic heterocycles. The van der Waals surface area contributed by atoms with E-state index in [1.807, 2.05) is 13.8 Å². The number of pyridine rings is 1. The summed E-state index contributed by atoms with van der Waals surface area (Å²) in [6.45, 7) is 3.70. The Balaban J connectivity index is 2.25. The number of carbonyl (C=O) groups is 1. The van der Waals surface area contributed by atoms with E-state index in [1.165, 1.54) is 12.1 Å². The minimum absolute atomic E-state index is 0.0642. The summed E-state index contributed by atoms with van der Waals surface area (Å²) in [5.41, 5.74) is 6.35. The van der Waals surface area contributed by atoms with Crippen LogP contribution in [0.2, 0.25) is 0 Å². The van der Waals surface area contributed by atoms with Crippen LogP contribution in [0.4, 0.5) is 15.8 Å². The Hall–Kier alpha value is -2.63. The largest absolute Gasteiger partial charge is 0.473 e. The summed E-state index contributed by atoms with van der Waals surface area (Å²) < 4.78 is 18.7. The third kappa shape index (κ3) is 3.68. The molecule has 0 aliphatic rings. The smallest absolute Gasteiger partial charge is 0.258 e. The van der Waals surface area contributed by atoms with Gasteiger partial charge >= 0.3 is 0 Å². The molecule has 1 aromatic carbocycles. The maximum Gasteiger partial charge on any atom is 0.258 e. The number of halogens is 1. The SMILES string of the molecule is CC(C)Oc1ncccc1NC(=O)c1cc(F)ccc1N. The van der Waals surface area contributed by atoms with E-state index in [4.69, 9.17) is 10.5 Å². The molecule has 0 aliphatic carbocycles. The van der Waals surface area contributed by atoms with Crippen LogP contribution in [-0.4, -0.2) is 17.0 Å². The van der Waals surface area contributed by atoms with Gasteiger partial charge in [0.15, 0.2) is 0 Å². The van der Waals surface area contributed by atoms with Gasteiger partial charge in [-0.05, 0) is 44.2 Å². The summed E-state index contributed by atoms with van der Waals surface area (Å²) in [6, 6.07) is 6.95. The van der Waals surface area contributed by atoms with Crippen molar-refractivity contribution in [1.82, 2.24) is 4.98 Å². The van der Waals surface area contributed by atoms with Crippen LogP contribution in [0.25, 0.3) is 0 Å². The predicted octanol–water partition coefficient (Wildman–Crippen LogP) is 2.84. The highest BCUT2D eigenvalue weighted by molar-refractivity contribution is 6.08. The van der Waals surface area contributed by atoms with Gasteiger partial charge < -0.3 is 15.8 Å². The molecule has 0 atom stereocenters. The van der Waals surface area contributed by atoms with Crippen molar-refractivity contribution in [1.29, 1.82) is 0 Å². The minimum Gasteiger partial charge on any atom is -0.473 e. The van der Waals surface area contributed by atoms with E-state index in [0.717, 1.165) is 6.07 Å². The summed E-state index contributed by atoms with van der Waals surface area (Å²) in [6.07, 6.45) is 1.47. The van der Waals surface area contributed by atoms with Crippen LogP contribution in [0, 0.1) is 5.82 Å². The van der Waals surface area contributed by atoms with Gasteiger partial charge in [-0.25, -0.2) is 9.37 Å². The van der Waals surface area contributed by atoms with E-state index in [2.05, 4.69) is 10.3 Å². The first-order valence-corrected chi connectivity index (χ1v) is 6.45. The average Bonchev–Trinajstić information content (AvgIpc) is 2.43. The Bertz CT molecular complexity index is 659. The number of anilines is 2. The normalized spacial score (nSPS) is 10.5. The van der Waals surface area contributed by atoms with Crippen LogP contribution in [0.5, 0.6) is 5.88 Å². The lowest BCUT2D eigenvalue weighted by Crippen LogP contribution is -2.16. The van der Waals surface area contributed by atoms with Gasteiger partial charge in [-0.3, -0.25) is 4.79 Å². The molecule has 0 unspecified atom stereocenters. The van der Waals surface area contributed by atoms with Crippen molar-refractivity contribution in [2.24, 2.45) is 0 Å². The van der Waals surface area contributed by atoms with Crippen LogP contribution in [0.1, 0.15) is 24.2 Å². The van der Waals surface area contributed by atoms with Gasteiger partial charge in [0.25, 0.3) is 5.91 Å². The molecule has 110 valence electrons. The topological polar surface area (TPSA) is 77.2 Å². The maximum absolute atomic E-state index is 13.2. The van der Waals surface area contributed by atoms with E-state index >= 15 is 0 Å². The lowest BCUT2D eigenvalue weighted by Gasteiger charge is -2.14. The van der Waals surface area contributed by atoms with Crippen molar-refractivity contribution in [3.8, 4) is 5.88 Å². The molecule has 5 nitrogen and oxygen atoms in total. The van der Waals surface area contributed by atoms with E-state index < -0.39 is 11.7 Å². The Kier molecular flexibility index (Phi) is 4.37. The summed E-state index contributed by atoms with van der Waals surface area (Å²) in [5.74, 6) is -0.747. The third-order valence-corrected chi connectivity index (χ3v) is 2.63. The van der Waals surface area contributed by atoms with Gasteiger partial charge in [0.2, 0.25) is 5.88 Å². The van der Waals surface area contributed by atoms with Crippen molar-refractivity contribution >= 4 is 17.3 Å². The molecule has 2 rings (SSSR count). The molecular weight excluding hydrogens is 273 g/mol. The van der Waals surface area contributed by atoms with Crippen LogP contribution in [0.3, 0.4) is 0 Å². The Morgan fingerprint density at radius 2 is 2.14 bits per heavy atom. The van der Waals surface area contributed by atoms with Crippen LogP contribution >= 0.6 is 0 Å². The molecule has 0 fully saturated rings. The van der Waals surface area contributed by atoms with Crippen LogP contribution in [0.15, 0.2) is 36.5 Å². The molecule has 0 bridgehead atoms. The zero-order valence-electron chi connectivity index (χ0n) is 11.8. The molecule has 3 N–H and O–H groups in total. The highest BCUT2D eigenvalue weighted by atomic mass is 19.1. The Morgan fingerprint density at radius 3 is 2.86 bits per heavy atom. The molecule has 0 saturated carbocycles. The number of hydrogen-bond acceptors (Lipinski definition) is 4. The second-order valence-corrected chi connectivity index (χ2v) is 4.71. The second-order valence-electron chi connectivity index (χ2n) is 4.71. The van der Waals surface area contributed by atoms with Gasteiger partial charge in [-0.1, -0.05) is 0 Å². The number of ether oxygens (including phenoxy) is 1. The molecule has 1 amide bonds. The Labute approximate surface area is 121 Å². The van der Waals surface area contributed by atoms with E-state index in [-0.39, 0.29) is 17.4 Å². The molecule has 6 heteroatoms. The van der Waals surface area contributed by atoms with Crippen molar-refractivity contribution in [2.45, 2.75) is 20.0 Å². The van der Waals surface area contributed by atoms with Gasteiger partial charge in [0, 0.05) is 11.9 Å². The standard InChI is InChI=1S/C15H16FN3O2/c1-9(2)21-15-13(4-3-7-18-15)19-14(20)11-8-10(16)5-6-12(11)17/h3-9H,17H2,1-2H3,(H,19,20). The number of aromatic nitrogens is 1. The van der Waals surface area contributed by atoms with Crippen molar-refractivity contribution < 1.29 is 13.9 Å².